The van der Waals surface area contributed by atoms with Gasteiger partial charge in [0, 0.05) is 18.0 Å². The molecule has 3 heterocycles. The van der Waals surface area contributed by atoms with Crippen molar-refractivity contribution in [2.24, 2.45) is 0 Å². The number of aromatic nitrogens is 4. The van der Waals surface area contributed by atoms with Gasteiger partial charge in [0.05, 0.1) is 29.1 Å². The van der Waals surface area contributed by atoms with Crippen LogP contribution in [0.1, 0.15) is 34.6 Å². The smallest absolute Gasteiger partial charge is 0.408 e. The van der Waals surface area contributed by atoms with Gasteiger partial charge in [0.25, 0.3) is 5.56 Å². The molecule has 182 valence electrons. The van der Waals surface area contributed by atoms with Crippen LogP contribution in [0.15, 0.2) is 66.1 Å². The number of nitrogens with one attached hydrogen (secondary N) is 2. The maximum absolute atomic E-state index is 12.7. The predicted molar refractivity (Wildman–Crippen MR) is 134 cm³/mol. The van der Waals surface area contributed by atoms with E-state index in [1.807, 2.05) is 81.8 Å². The van der Waals surface area contributed by atoms with Crippen LogP contribution in [0.5, 0.6) is 5.75 Å². The van der Waals surface area contributed by atoms with Gasteiger partial charge in [-0.15, -0.1) is 0 Å². The third kappa shape index (κ3) is 5.68. The molecule has 0 unspecified atom stereocenters. The minimum absolute atomic E-state index is 0.220. The average Bonchev–Trinajstić information content (AvgIpc) is 3.18. The summed E-state index contributed by atoms with van der Waals surface area (Å²) < 4.78 is 13.1. The molecule has 3 aromatic heterocycles. The Hall–Kier alpha value is -4.14. The molecule has 0 aliphatic heterocycles. The number of alkyl carbamates (subject to hydrolysis) is 1. The number of H-pyrrole nitrogens is 1. The first kappa shape index (κ1) is 24.0. The van der Waals surface area contributed by atoms with Crippen LogP contribution in [0.25, 0.3) is 27.8 Å². The topological polar surface area (TPSA) is 111 Å². The van der Waals surface area contributed by atoms with Crippen molar-refractivity contribution in [1.29, 1.82) is 0 Å². The molecular formula is C26H29N5O4. The summed E-state index contributed by atoms with van der Waals surface area (Å²) in [5.41, 5.74) is 1.51. The second kappa shape index (κ2) is 9.25. The van der Waals surface area contributed by atoms with Crippen molar-refractivity contribution in [1.82, 2.24) is 24.8 Å². The number of benzene rings is 1. The maximum Gasteiger partial charge on any atom is 0.408 e. The number of carbonyl (C=O) groups excluding carboxylic acids is 1. The fourth-order valence-electron chi connectivity index (χ4n) is 3.59. The largest absolute Gasteiger partial charge is 0.491 e. The summed E-state index contributed by atoms with van der Waals surface area (Å²) in [4.78, 5) is 36.0. The third-order valence-electron chi connectivity index (χ3n) is 5.12. The van der Waals surface area contributed by atoms with Crippen LogP contribution in [0.3, 0.4) is 0 Å². The fraction of sp³-hybridized carbons (Fsp3) is 0.308. The molecule has 0 aliphatic carbocycles. The van der Waals surface area contributed by atoms with Crippen molar-refractivity contribution in [2.75, 3.05) is 6.61 Å². The predicted octanol–water partition coefficient (Wildman–Crippen LogP) is 4.46. The van der Waals surface area contributed by atoms with Crippen LogP contribution >= 0.6 is 0 Å². The molecule has 0 saturated heterocycles. The molecule has 0 saturated carbocycles. The van der Waals surface area contributed by atoms with Crippen LogP contribution < -0.4 is 15.6 Å². The second-order valence-corrected chi connectivity index (χ2v) is 9.88. The minimum atomic E-state index is -0.642. The van der Waals surface area contributed by atoms with E-state index in [9.17, 15) is 9.59 Å². The lowest BCUT2D eigenvalue weighted by Crippen LogP contribution is -2.49. The number of aromatic amines is 1. The first-order valence-corrected chi connectivity index (χ1v) is 11.3. The Labute approximate surface area is 203 Å². The summed E-state index contributed by atoms with van der Waals surface area (Å²) in [6.07, 6.45) is 6.19. The van der Waals surface area contributed by atoms with Crippen molar-refractivity contribution < 1.29 is 14.3 Å². The molecule has 1 amide bonds. The molecule has 0 fully saturated rings. The Balaban J connectivity index is 1.54. The monoisotopic (exact) mass is 475 g/mol. The highest BCUT2D eigenvalue weighted by Gasteiger charge is 2.25. The molecule has 4 aromatic rings. The number of fused-ring (bicyclic) bond motifs is 1. The lowest BCUT2D eigenvalue weighted by Gasteiger charge is -2.28. The molecule has 35 heavy (non-hydrogen) atoms. The molecule has 9 heteroatoms. The first-order chi connectivity index (χ1) is 16.5. The van der Waals surface area contributed by atoms with Crippen LogP contribution in [0.4, 0.5) is 4.79 Å². The van der Waals surface area contributed by atoms with Crippen molar-refractivity contribution in [2.45, 2.75) is 45.8 Å². The third-order valence-corrected chi connectivity index (χ3v) is 5.12. The Morgan fingerprint density at radius 3 is 2.51 bits per heavy atom. The van der Waals surface area contributed by atoms with Gasteiger partial charge in [0.2, 0.25) is 0 Å². The zero-order chi connectivity index (χ0) is 25.2. The molecule has 0 radical (unpaired) electrons. The van der Waals surface area contributed by atoms with E-state index in [2.05, 4.69) is 20.3 Å². The molecule has 0 spiro atoms. The number of hydrogen-bond donors (Lipinski definition) is 2. The summed E-state index contributed by atoms with van der Waals surface area (Å²) in [5, 5.41) is 3.32. The van der Waals surface area contributed by atoms with E-state index in [1.165, 1.54) is 6.33 Å². The van der Waals surface area contributed by atoms with Gasteiger partial charge in [0.1, 0.15) is 18.0 Å². The molecule has 1 aromatic carbocycles. The van der Waals surface area contributed by atoms with Gasteiger partial charge >= 0.3 is 6.09 Å². The number of amides is 1. The van der Waals surface area contributed by atoms with E-state index in [0.717, 1.165) is 16.8 Å². The summed E-state index contributed by atoms with van der Waals surface area (Å²) >= 11 is 0. The number of rotatable bonds is 6. The molecule has 0 atom stereocenters. The zero-order valence-electron chi connectivity index (χ0n) is 20.5. The highest BCUT2D eigenvalue weighted by molar-refractivity contribution is 5.94. The van der Waals surface area contributed by atoms with Crippen molar-refractivity contribution in [3.63, 3.8) is 0 Å². The maximum atomic E-state index is 12.7. The summed E-state index contributed by atoms with van der Waals surface area (Å²) in [6, 6.07) is 11.2. The highest BCUT2D eigenvalue weighted by Crippen LogP contribution is 2.30. The number of pyridine rings is 1. The Morgan fingerprint density at radius 1 is 1.11 bits per heavy atom. The van der Waals surface area contributed by atoms with Crippen LogP contribution in [-0.4, -0.2) is 43.4 Å². The Kier molecular flexibility index (Phi) is 6.34. The molecule has 0 bridgehead atoms. The van der Waals surface area contributed by atoms with Gasteiger partial charge in [-0.1, -0.05) is 12.1 Å². The molecule has 2 N–H and O–H groups in total. The van der Waals surface area contributed by atoms with Gasteiger partial charge in [0.15, 0.2) is 5.65 Å². The summed E-state index contributed by atoms with van der Waals surface area (Å²) in [6.45, 7) is 9.41. The number of nitrogens with zero attached hydrogens (tertiary/aromatic N) is 3. The quantitative estimate of drug-likeness (QED) is 0.426. The highest BCUT2D eigenvalue weighted by atomic mass is 16.6. The lowest BCUT2D eigenvalue weighted by molar-refractivity contribution is 0.0441. The van der Waals surface area contributed by atoms with Gasteiger partial charge in [-0.25, -0.2) is 9.78 Å². The molecule has 9 nitrogen and oxygen atoms in total. The SMILES string of the molecule is CC(C)(COc1ccc(-c2cn(-c3cccnc3)c3nc[nH]c(=O)c23)cc1)NC(=O)OC(C)(C)C. The normalized spacial score (nSPS) is 11.9. The first-order valence-electron chi connectivity index (χ1n) is 11.3. The Bertz CT molecular complexity index is 1380. The van der Waals surface area contributed by atoms with Crippen molar-refractivity contribution >= 4 is 17.1 Å². The van der Waals surface area contributed by atoms with E-state index in [-0.39, 0.29) is 12.2 Å². The van der Waals surface area contributed by atoms with E-state index >= 15 is 0 Å². The van der Waals surface area contributed by atoms with Gasteiger partial charge in [-0.3, -0.25) is 14.3 Å². The van der Waals surface area contributed by atoms with Gasteiger partial charge in [-0.05, 0) is 64.4 Å². The summed E-state index contributed by atoms with van der Waals surface area (Å²) in [7, 11) is 0. The fourth-order valence-corrected chi connectivity index (χ4v) is 3.59. The number of ether oxygens (including phenoxy) is 2. The number of hydrogen-bond acceptors (Lipinski definition) is 6. The number of carbonyl (C=O) groups is 1. The standard InChI is InChI=1S/C26H29N5O4/c1-25(2,3)35-24(33)30-26(4,5)15-34-19-10-8-17(9-11-19)20-14-31(18-7-6-12-27-13-18)22-21(20)23(32)29-16-28-22/h6-14,16H,15H2,1-5H3,(H,30,33)(H,28,29,32). The van der Waals surface area contributed by atoms with Gasteiger partial charge < -0.3 is 19.8 Å². The Morgan fingerprint density at radius 2 is 1.86 bits per heavy atom. The van der Waals surface area contributed by atoms with Crippen LogP contribution in [-0.2, 0) is 4.74 Å². The lowest BCUT2D eigenvalue weighted by atomic mass is 10.1. The average molecular weight is 476 g/mol. The molecule has 0 aliphatic rings. The zero-order valence-corrected chi connectivity index (χ0v) is 20.5. The van der Waals surface area contributed by atoms with E-state index in [4.69, 9.17) is 9.47 Å². The van der Waals surface area contributed by atoms with Crippen LogP contribution in [0, 0.1) is 0 Å². The summed E-state index contributed by atoms with van der Waals surface area (Å²) in [5.74, 6) is 0.635. The molecular weight excluding hydrogens is 446 g/mol. The van der Waals surface area contributed by atoms with E-state index < -0.39 is 17.2 Å². The van der Waals surface area contributed by atoms with Gasteiger partial charge in [-0.2, -0.15) is 0 Å². The second-order valence-electron chi connectivity index (χ2n) is 9.88. The van der Waals surface area contributed by atoms with E-state index in [1.54, 1.807) is 12.4 Å². The van der Waals surface area contributed by atoms with Crippen molar-refractivity contribution in [3.8, 4) is 22.6 Å². The molecule has 4 rings (SSSR count). The minimum Gasteiger partial charge on any atom is -0.491 e. The van der Waals surface area contributed by atoms with Crippen molar-refractivity contribution in [3.05, 3.63) is 71.7 Å². The van der Waals surface area contributed by atoms with Crippen LogP contribution in [0.2, 0.25) is 0 Å². The van der Waals surface area contributed by atoms with E-state index in [0.29, 0.717) is 16.8 Å².